The molecule has 0 rings (SSSR count). The van der Waals surface area contributed by atoms with Gasteiger partial charge in [-0.2, -0.15) is 0 Å². The summed E-state index contributed by atoms with van der Waals surface area (Å²) in [4.78, 5) is 0. The normalized spacial score (nSPS) is 12.9. The average Bonchev–Trinajstić information content (AvgIpc) is 1.89. The Labute approximate surface area is 64.6 Å². The fourth-order valence-electron chi connectivity index (χ4n) is 0.902. The van der Waals surface area contributed by atoms with Crippen molar-refractivity contribution in [3.05, 3.63) is 23.8 Å². The minimum atomic E-state index is 1.10. The van der Waals surface area contributed by atoms with Crippen LogP contribution in [0.15, 0.2) is 23.8 Å². The highest BCUT2D eigenvalue weighted by Gasteiger charge is 1.83. The van der Waals surface area contributed by atoms with Crippen molar-refractivity contribution in [2.45, 2.75) is 40.0 Å². The minimum Gasteiger partial charge on any atom is -0.0914 e. The molecule has 0 radical (unpaired) electrons. The van der Waals surface area contributed by atoms with Crippen molar-refractivity contribution in [2.75, 3.05) is 0 Å². The number of rotatable bonds is 4. The summed E-state index contributed by atoms with van der Waals surface area (Å²) >= 11 is 0. The highest BCUT2D eigenvalue weighted by Crippen LogP contribution is 2.03. The largest absolute Gasteiger partial charge is 0.0914 e. The maximum atomic E-state index is 2.30. The van der Waals surface area contributed by atoms with E-state index in [-0.39, 0.29) is 0 Å². The molecule has 0 aromatic heterocycles. The van der Waals surface area contributed by atoms with Crippen LogP contribution < -0.4 is 0 Å². The molecule has 0 saturated heterocycles. The molecule has 0 nitrogen and oxygen atoms in total. The fraction of sp³-hybridized carbons (Fsp3) is 0.600. The molecular formula is C10H18. The van der Waals surface area contributed by atoms with Gasteiger partial charge in [-0.15, -0.1) is 0 Å². The molecule has 0 aliphatic rings. The molecular weight excluding hydrogens is 120 g/mol. The van der Waals surface area contributed by atoms with Crippen molar-refractivity contribution >= 4 is 0 Å². The van der Waals surface area contributed by atoms with Gasteiger partial charge < -0.3 is 0 Å². The molecule has 0 heterocycles. The highest BCUT2D eigenvalue weighted by atomic mass is 13.9. The molecule has 0 amide bonds. The Morgan fingerprint density at radius 1 is 1.40 bits per heavy atom. The van der Waals surface area contributed by atoms with E-state index in [9.17, 15) is 0 Å². The molecule has 0 unspecified atom stereocenters. The van der Waals surface area contributed by atoms with E-state index in [1.165, 1.54) is 18.4 Å². The lowest BCUT2D eigenvalue weighted by atomic mass is 10.1. The summed E-state index contributed by atoms with van der Waals surface area (Å²) < 4.78 is 0. The average molecular weight is 138 g/mol. The quantitative estimate of drug-likeness (QED) is 0.520. The smallest absolute Gasteiger partial charge is 0.0167 e. The Kier molecular flexibility index (Phi) is 6.25. The Hall–Kier alpha value is -0.520. The second-order valence-corrected chi connectivity index (χ2v) is 2.61. The van der Waals surface area contributed by atoms with E-state index in [0.29, 0.717) is 0 Å². The van der Waals surface area contributed by atoms with Crippen LogP contribution in [0, 0.1) is 0 Å². The zero-order chi connectivity index (χ0) is 7.82. The van der Waals surface area contributed by atoms with E-state index in [1.54, 1.807) is 0 Å². The lowest BCUT2D eigenvalue weighted by Gasteiger charge is -1.94. The first-order valence-corrected chi connectivity index (χ1v) is 4.08. The second kappa shape index (κ2) is 6.60. The first-order valence-electron chi connectivity index (χ1n) is 4.08. The Morgan fingerprint density at radius 3 is 2.60 bits per heavy atom. The lowest BCUT2D eigenvalue weighted by molar-refractivity contribution is 0.899. The van der Waals surface area contributed by atoms with Crippen molar-refractivity contribution in [3.63, 3.8) is 0 Å². The summed E-state index contributed by atoms with van der Waals surface area (Å²) in [6, 6.07) is 0. The van der Waals surface area contributed by atoms with Gasteiger partial charge in [-0.1, -0.05) is 37.1 Å². The summed E-state index contributed by atoms with van der Waals surface area (Å²) in [5, 5.41) is 0. The number of allylic oxidation sites excluding steroid dienone is 4. The summed E-state index contributed by atoms with van der Waals surface area (Å²) in [5.41, 5.74) is 1.51. The van der Waals surface area contributed by atoms with E-state index in [4.69, 9.17) is 0 Å². The van der Waals surface area contributed by atoms with E-state index >= 15 is 0 Å². The van der Waals surface area contributed by atoms with Crippen LogP contribution in [0.5, 0.6) is 0 Å². The molecule has 0 aliphatic heterocycles. The molecule has 0 bridgehead atoms. The third-order valence-corrected chi connectivity index (χ3v) is 1.48. The van der Waals surface area contributed by atoms with Gasteiger partial charge in [-0.3, -0.25) is 0 Å². The molecule has 0 atom stereocenters. The Morgan fingerprint density at radius 2 is 2.10 bits per heavy atom. The molecule has 58 valence electrons. The summed E-state index contributed by atoms with van der Waals surface area (Å²) in [7, 11) is 0. The molecule has 0 aromatic carbocycles. The van der Waals surface area contributed by atoms with Crippen LogP contribution in [-0.4, -0.2) is 0 Å². The van der Waals surface area contributed by atoms with Crippen molar-refractivity contribution < 1.29 is 0 Å². The van der Waals surface area contributed by atoms with Gasteiger partial charge in [0.05, 0.1) is 0 Å². The SMILES string of the molecule is CC=CCC=C(C)CCC. The van der Waals surface area contributed by atoms with E-state index in [1.807, 2.05) is 0 Å². The van der Waals surface area contributed by atoms with Gasteiger partial charge in [0.25, 0.3) is 0 Å². The van der Waals surface area contributed by atoms with Gasteiger partial charge in [0, 0.05) is 0 Å². The van der Waals surface area contributed by atoms with Gasteiger partial charge in [-0.25, -0.2) is 0 Å². The van der Waals surface area contributed by atoms with E-state index in [2.05, 4.69) is 39.0 Å². The molecule has 0 aromatic rings. The summed E-state index contributed by atoms with van der Waals surface area (Å²) in [6.07, 6.45) is 10.2. The van der Waals surface area contributed by atoms with Gasteiger partial charge in [0.2, 0.25) is 0 Å². The minimum absolute atomic E-state index is 1.10. The summed E-state index contributed by atoms with van der Waals surface area (Å²) in [5.74, 6) is 0. The predicted octanol–water partition coefficient (Wildman–Crippen LogP) is 3.70. The van der Waals surface area contributed by atoms with Crippen LogP contribution in [0.4, 0.5) is 0 Å². The lowest BCUT2D eigenvalue weighted by Crippen LogP contribution is -1.73. The zero-order valence-corrected chi connectivity index (χ0v) is 7.35. The fourth-order valence-corrected chi connectivity index (χ4v) is 0.902. The third kappa shape index (κ3) is 5.61. The van der Waals surface area contributed by atoms with Crippen molar-refractivity contribution in [2.24, 2.45) is 0 Å². The van der Waals surface area contributed by atoms with Crippen LogP contribution in [0.2, 0.25) is 0 Å². The van der Waals surface area contributed by atoms with Gasteiger partial charge in [0.1, 0.15) is 0 Å². The monoisotopic (exact) mass is 138 g/mol. The molecule has 0 aliphatic carbocycles. The van der Waals surface area contributed by atoms with Crippen LogP contribution in [0.3, 0.4) is 0 Å². The molecule has 10 heavy (non-hydrogen) atoms. The molecule has 0 heteroatoms. The van der Waals surface area contributed by atoms with E-state index < -0.39 is 0 Å². The maximum Gasteiger partial charge on any atom is -0.0167 e. The number of hydrogen-bond acceptors (Lipinski definition) is 0. The number of hydrogen-bond donors (Lipinski definition) is 0. The molecule has 0 spiro atoms. The van der Waals surface area contributed by atoms with Crippen LogP contribution >= 0.6 is 0 Å². The Bertz CT molecular complexity index is 118. The first kappa shape index (κ1) is 9.48. The predicted molar refractivity (Wildman–Crippen MR) is 48.1 cm³/mol. The highest BCUT2D eigenvalue weighted by molar-refractivity contribution is 5.01. The van der Waals surface area contributed by atoms with Crippen LogP contribution in [0.1, 0.15) is 40.0 Å². The molecule has 0 saturated carbocycles. The zero-order valence-electron chi connectivity index (χ0n) is 7.35. The van der Waals surface area contributed by atoms with Gasteiger partial charge >= 0.3 is 0 Å². The van der Waals surface area contributed by atoms with E-state index in [0.717, 1.165) is 6.42 Å². The van der Waals surface area contributed by atoms with Crippen molar-refractivity contribution in [3.8, 4) is 0 Å². The van der Waals surface area contributed by atoms with Crippen molar-refractivity contribution in [1.29, 1.82) is 0 Å². The van der Waals surface area contributed by atoms with Gasteiger partial charge in [0.15, 0.2) is 0 Å². The van der Waals surface area contributed by atoms with Crippen LogP contribution in [0.25, 0.3) is 0 Å². The Balaban J connectivity index is 3.47. The second-order valence-electron chi connectivity index (χ2n) is 2.61. The first-order chi connectivity index (χ1) is 4.81. The van der Waals surface area contributed by atoms with Gasteiger partial charge in [-0.05, 0) is 26.7 Å². The standard InChI is InChI=1S/C10H18/c1-4-6-7-9-10(3)8-5-2/h4,6,9H,5,7-8H2,1-3H3. The topological polar surface area (TPSA) is 0 Å². The summed E-state index contributed by atoms with van der Waals surface area (Å²) in [6.45, 7) is 6.48. The third-order valence-electron chi connectivity index (χ3n) is 1.48. The molecule has 0 N–H and O–H groups in total. The maximum absolute atomic E-state index is 2.30. The van der Waals surface area contributed by atoms with Crippen LogP contribution in [-0.2, 0) is 0 Å². The molecule has 0 fully saturated rings. The van der Waals surface area contributed by atoms with Crippen molar-refractivity contribution in [1.82, 2.24) is 0 Å².